The number of ketones is 1. The smallest absolute Gasteiger partial charge is 0.339 e. The number of fused-ring (bicyclic) bond motifs is 1. The van der Waals surface area contributed by atoms with Crippen molar-refractivity contribution in [1.82, 2.24) is 0 Å². The third-order valence-electron chi connectivity index (χ3n) is 3.78. The zero-order valence-electron chi connectivity index (χ0n) is 13.9. The SMILES string of the molecule is CC(=O)CSc1ccccc1C(=O)OCc1cccc2ccccc12. The molecule has 0 heterocycles. The lowest BCUT2D eigenvalue weighted by Gasteiger charge is -2.10. The van der Waals surface area contributed by atoms with E-state index in [1.807, 2.05) is 54.6 Å². The predicted molar refractivity (Wildman–Crippen MR) is 101 cm³/mol. The van der Waals surface area contributed by atoms with Gasteiger partial charge in [0.25, 0.3) is 0 Å². The molecule has 0 saturated heterocycles. The summed E-state index contributed by atoms with van der Waals surface area (Å²) >= 11 is 1.36. The van der Waals surface area contributed by atoms with Crippen LogP contribution < -0.4 is 0 Å². The number of hydrogen-bond acceptors (Lipinski definition) is 4. The van der Waals surface area contributed by atoms with Crippen LogP contribution in [0, 0.1) is 0 Å². The minimum absolute atomic E-state index is 0.0731. The summed E-state index contributed by atoms with van der Waals surface area (Å²) in [7, 11) is 0. The summed E-state index contributed by atoms with van der Waals surface area (Å²) in [6, 6.07) is 21.2. The molecule has 0 aliphatic heterocycles. The van der Waals surface area contributed by atoms with Crippen LogP contribution in [-0.4, -0.2) is 17.5 Å². The Morgan fingerprint density at radius 1 is 0.920 bits per heavy atom. The monoisotopic (exact) mass is 350 g/mol. The molecule has 25 heavy (non-hydrogen) atoms. The Morgan fingerprint density at radius 3 is 2.48 bits per heavy atom. The number of ether oxygens (including phenoxy) is 1. The molecule has 0 atom stereocenters. The van der Waals surface area contributed by atoms with Gasteiger partial charge in [-0.15, -0.1) is 11.8 Å². The van der Waals surface area contributed by atoms with Crippen LogP contribution >= 0.6 is 11.8 Å². The topological polar surface area (TPSA) is 43.4 Å². The maximum Gasteiger partial charge on any atom is 0.339 e. The zero-order chi connectivity index (χ0) is 17.6. The second-order valence-electron chi connectivity index (χ2n) is 5.70. The zero-order valence-corrected chi connectivity index (χ0v) is 14.7. The van der Waals surface area contributed by atoms with Crippen LogP contribution in [0.5, 0.6) is 0 Å². The molecule has 4 heteroatoms. The van der Waals surface area contributed by atoms with Crippen LogP contribution in [0.1, 0.15) is 22.8 Å². The average Bonchev–Trinajstić information content (AvgIpc) is 2.64. The van der Waals surface area contributed by atoms with E-state index in [0.717, 1.165) is 21.2 Å². The van der Waals surface area contributed by atoms with E-state index in [1.165, 1.54) is 18.7 Å². The van der Waals surface area contributed by atoms with Gasteiger partial charge in [-0.1, -0.05) is 54.6 Å². The summed E-state index contributed by atoms with van der Waals surface area (Å²) in [5.41, 5.74) is 1.47. The molecule has 0 bridgehead atoms. The molecule has 0 aromatic heterocycles. The third-order valence-corrected chi connectivity index (χ3v) is 4.99. The number of carbonyl (C=O) groups excluding carboxylic acids is 2. The molecule has 0 spiro atoms. The third kappa shape index (κ3) is 4.28. The number of rotatable bonds is 6. The van der Waals surface area contributed by atoms with E-state index >= 15 is 0 Å². The van der Waals surface area contributed by atoms with E-state index in [2.05, 4.69) is 0 Å². The van der Waals surface area contributed by atoms with Gasteiger partial charge in [0.1, 0.15) is 12.4 Å². The molecule has 3 rings (SSSR count). The van der Waals surface area contributed by atoms with Gasteiger partial charge in [0.15, 0.2) is 0 Å². The maximum absolute atomic E-state index is 12.5. The lowest BCUT2D eigenvalue weighted by molar-refractivity contribution is -0.114. The summed E-state index contributed by atoms with van der Waals surface area (Å²) in [6.07, 6.45) is 0. The van der Waals surface area contributed by atoms with Gasteiger partial charge < -0.3 is 4.74 Å². The summed E-state index contributed by atoms with van der Waals surface area (Å²) in [4.78, 5) is 24.5. The number of Topliss-reactive ketones (excluding diaryl/α,β-unsaturated/α-hetero) is 1. The normalized spacial score (nSPS) is 10.6. The number of thioether (sulfide) groups is 1. The fourth-order valence-corrected chi connectivity index (χ4v) is 3.42. The van der Waals surface area contributed by atoms with Crippen molar-refractivity contribution in [2.75, 3.05) is 5.75 Å². The second-order valence-corrected chi connectivity index (χ2v) is 6.72. The molecule has 0 radical (unpaired) electrons. The van der Waals surface area contributed by atoms with Crippen molar-refractivity contribution in [1.29, 1.82) is 0 Å². The van der Waals surface area contributed by atoms with Gasteiger partial charge in [-0.2, -0.15) is 0 Å². The molecule has 0 N–H and O–H groups in total. The van der Waals surface area contributed by atoms with Crippen LogP contribution in [0.15, 0.2) is 71.6 Å². The minimum Gasteiger partial charge on any atom is -0.457 e. The highest BCUT2D eigenvalue weighted by Gasteiger charge is 2.14. The van der Waals surface area contributed by atoms with E-state index in [1.54, 1.807) is 12.1 Å². The quantitative estimate of drug-likeness (QED) is 0.469. The molecule has 3 nitrogen and oxygen atoms in total. The van der Waals surface area contributed by atoms with Gasteiger partial charge >= 0.3 is 5.97 Å². The Morgan fingerprint density at radius 2 is 1.64 bits per heavy atom. The predicted octanol–water partition coefficient (Wildman–Crippen LogP) is 4.88. The lowest BCUT2D eigenvalue weighted by Crippen LogP contribution is -2.07. The van der Waals surface area contributed by atoms with E-state index < -0.39 is 0 Å². The summed E-state index contributed by atoms with van der Waals surface area (Å²) < 4.78 is 5.53. The maximum atomic E-state index is 12.5. The molecule has 0 saturated carbocycles. The van der Waals surface area contributed by atoms with E-state index in [-0.39, 0.29) is 18.4 Å². The van der Waals surface area contributed by atoms with Crippen molar-refractivity contribution in [2.24, 2.45) is 0 Å². The van der Waals surface area contributed by atoms with Crippen LogP contribution in [0.2, 0.25) is 0 Å². The number of carbonyl (C=O) groups is 2. The minimum atomic E-state index is -0.375. The summed E-state index contributed by atoms with van der Waals surface area (Å²) in [5.74, 6) is 0.0386. The van der Waals surface area contributed by atoms with Gasteiger partial charge in [-0.3, -0.25) is 4.79 Å². The first kappa shape index (κ1) is 17.2. The first-order valence-electron chi connectivity index (χ1n) is 8.00. The Kier molecular flexibility index (Phi) is 5.51. The van der Waals surface area contributed by atoms with Crippen molar-refractivity contribution < 1.29 is 14.3 Å². The highest BCUT2D eigenvalue weighted by Crippen LogP contribution is 2.24. The first-order chi connectivity index (χ1) is 12.1. The Hall–Kier alpha value is -2.59. The van der Waals surface area contributed by atoms with Crippen LogP contribution in [0.3, 0.4) is 0 Å². The summed E-state index contributed by atoms with van der Waals surface area (Å²) in [6.45, 7) is 1.75. The Labute approximate surface area is 151 Å². The Balaban J connectivity index is 1.75. The molecule has 0 aliphatic carbocycles. The van der Waals surface area contributed by atoms with Crippen LogP contribution in [0.25, 0.3) is 10.8 Å². The fourth-order valence-electron chi connectivity index (χ4n) is 2.58. The van der Waals surface area contributed by atoms with Gasteiger partial charge in [-0.25, -0.2) is 4.79 Å². The molecule has 0 amide bonds. The molecule has 0 fully saturated rings. The van der Waals surface area contributed by atoms with Crippen molar-refractivity contribution in [3.8, 4) is 0 Å². The van der Waals surface area contributed by atoms with Crippen molar-refractivity contribution in [3.63, 3.8) is 0 Å². The molecular weight excluding hydrogens is 332 g/mol. The van der Waals surface area contributed by atoms with Crippen molar-refractivity contribution in [3.05, 3.63) is 77.9 Å². The lowest BCUT2D eigenvalue weighted by atomic mass is 10.1. The second kappa shape index (κ2) is 7.99. The number of esters is 1. The molecule has 3 aromatic carbocycles. The summed E-state index contributed by atoms with van der Waals surface area (Å²) in [5, 5.41) is 2.20. The first-order valence-corrected chi connectivity index (χ1v) is 8.99. The highest BCUT2D eigenvalue weighted by atomic mass is 32.2. The molecule has 126 valence electrons. The fraction of sp³-hybridized carbons (Fsp3) is 0.143. The Bertz CT molecular complexity index is 912. The van der Waals surface area contributed by atoms with Gasteiger partial charge in [0, 0.05) is 4.90 Å². The van der Waals surface area contributed by atoms with Gasteiger partial charge in [-0.05, 0) is 35.4 Å². The average molecular weight is 350 g/mol. The molecule has 0 aliphatic rings. The van der Waals surface area contributed by atoms with E-state index in [0.29, 0.717) is 11.3 Å². The van der Waals surface area contributed by atoms with Crippen LogP contribution in [0.4, 0.5) is 0 Å². The van der Waals surface area contributed by atoms with E-state index in [4.69, 9.17) is 4.74 Å². The van der Waals surface area contributed by atoms with E-state index in [9.17, 15) is 9.59 Å². The van der Waals surface area contributed by atoms with Crippen molar-refractivity contribution in [2.45, 2.75) is 18.4 Å². The molecule has 3 aromatic rings. The van der Waals surface area contributed by atoms with Gasteiger partial charge in [0.2, 0.25) is 0 Å². The van der Waals surface area contributed by atoms with Gasteiger partial charge in [0.05, 0.1) is 11.3 Å². The van der Waals surface area contributed by atoms with Crippen LogP contribution in [-0.2, 0) is 16.1 Å². The largest absolute Gasteiger partial charge is 0.457 e. The number of benzene rings is 3. The number of hydrogen-bond donors (Lipinski definition) is 0. The molecule has 0 unspecified atom stereocenters. The standard InChI is InChI=1S/C21H18O3S/c1-15(22)14-25-20-12-5-4-11-19(20)21(23)24-13-17-9-6-8-16-7-2-3-10-18(16)17/h2-12H,13-14H2,1H3. The van der Waals surface area contributed by atoms with Crippen molar-refractivity contribution >= 4 is 34.3 Å². The highest BCUT2D eigenvalue weighted by molar-refractivity contribution is 8.00. The molecular formula is C21H18O3S.